The first-order valence-corrected chi connectivity index (χ1v) is 9.76. The van der Waals surface area contributed by atoms with Gasteiger partial charge >= 0.3 is 0 Å². The Kier molecular flexibility index (Phi) is 4.19. The lowest BCUT2D eigenvalue weighted by Crippen LogP contribution is -2.40. The van der Waals surface area contributed by atoms with Crippen molar-refractivity contribution in [2.45, 2.75) is 25.3 Å². The highest BCUT2D eigenvalue weighted by Gasteiger charge is 2.43. The molecule has 0 saturated carbocycles. The zero-order chi connectivity index (χ0) is 20.0. The Morgan fingerprint density at radius 2 is 1.93 bits per heavy atom. The van der Waals surface area contributed by atoms with Crippen molar-refractivity contribution in [3.8, 4) is 5.75 Å². The summed E-state index contributed by atoms with van der Waals surface area (Å²) in [5.41, 5.74) is 4.32. The predicted octanol–water partition coefficient (Wildman–Crippen LogP) is 3.87. The number of carbonyl (C=O) groups excluding carboxylic acids is 1. The molecule has 0 radical (unpaired) electrons. The number of ether oxygens (including phenoxy) is 1. The van der Waals surface area contributed by atoms with Crippen molar-refractivity contribution < 1.29 is 9.53 Å². The Hall–Kier alpha value is -3.41. The van der Waals surface area contributed by atoms with Gasteiger partial charge in [0.05, 0.1) is 19.1 Å². The molecule has 0 fully saturated rings. The number of allylic oxidation sites excluding steroid dienone is 2. The van der Waals surface area contributed by atoms with E-state index in [0.717, 1.165) is 17.0 Å². The van der Waals surface area contributed by atoms with Gasteiger partial charge in [-0.3, -0.25) is 4.79 Å². The van der Waals surface area contributed by atoms with Gasteiger partial charge in [0.25, 0.3) is 0 Å². The molecule has 6 nitrogen and oxygen atoms in total. The fraction of sp³-hybridized carbons (Fsp3) is 0.261. The smallest absolute Gasteiger partial charge is 0.226 e. The molecule has 0 bridgehead atoms. The van der Waals surface area contributed by atoms with E-state index in [4.69, 9.17) is 4.74 Å². The minimum absolute atomic E-state index is 0.0634. The van der Waals surface area contributed by atoms with E-state index in [9.17, 15) is 4.79 Å². The second-order valence-electron chi connectivity index (χ2n) is 7.60. The Morgan fingerprint density at radius 1 is 1.14 bits per heavy atom. The van der Waals surface area contributed by atoms with Gasteiger partial charge < -0.3 is 10.1 Å². The maximum Gasteiger partial charge on any atom is 0.226 e. The summed E-state index contributed by atoms with van der Waals surface area (Å²) in [6.07, 6.45) is 4.21. The molecule has 0 unspecified atom stereocenters. The minimum Gasteiger partial charge on any atom is -0.497 e. The first-order chi connectivity index (χ1) is 14.2. The number of ketones is 1. The number of carbonyl (C=O) groups is 1. The van der Waals surface area contributed by atoms with E-state index in [2.05, 4.69) is 40.5 Å². The predicted molar refractivity (Wildman–Crippen MR) is 110 cm³/mol. The van der Waals surface area contributed by atoms with Gasteiger partial charge in [0.1, 0.15) is 17.9 Å². The van der Waals surface area contributed by atoms with Gasteiger partial charge in [-0.1, -0.05) is 42.5 Å². The second-order valence-corrected chi connectivity index (χ2v) is 7.60. The van der Waals surface area contributed by atoms with E-state index in [-0.39, 0.29) is 23.7 Å². The van der Waals surface area contributed by atoms with E-state index in [1.165, 1.54) is 17.5 Å². The van der Waals surface area contributed by atoms with Gasteiger partial charge in [-0.05, 0) is 35.7 Å². The summed E-state index contributed by atoms with van der Waals surface area (Å²) in [5, 5.41) is 7.76. The molecule has 1 N–H and O–H groups in total. The summed E-state index contributed by atoms with van der Waals surface area (Å²) in [6.45, 7) is 2.09. The van der Waals surface area contributed by atoms with Gasteiger partial charge in [-0.2, -0.15) is 10.1 Å². The molecule has 0 spiro atoms. The number of fused-ring (bicyclic) bond motifs is 2. The van der Waals surface area contributed by atoms with Gasteiger partial charge in [0, 0.05) is 18.0 Å². The van der Waals surface area contributed by atoms with Gasteiger partial charge in [-0.25, -0.2) is 4.68 Å². The lowest BCUT2D eigenvalue weighted by molar-refractivity contribution is -0.123. The molecule has 0 saturated heterocycles. The quantitative estimate of drug-likeness (QED) is 0.740. The van der Waals surface area contributed by atoms with Crippen LogP contribution in [0.3, 0.4) is 0 Å². The standard InChI is InChI=1S/C23H22N4O2/c1-14-5-3-4-6-18(14)16-11-19-21(20(28)12-16)22(27-23(26-19)24-13-25-27)15-7-9-17(29-2)10-8-15/h3-11,13,16,21-22H,12H2,1-2H3,(H,24,25,26)/t16-,21+,22+/m0/s1. The summed E-state index contributed by atoms with van der Waals surface area (Å²) in [4.78, 5) is 17.8. The molecular formula is C23H22N4O2. The second kappa shape index (κ2) is 6.88. The van der Waals surface area contributed by atoms with Crippen LogP contribution in [0.2, 0.25) is 0 Å². The van der Waals surface area contributed by atoms with Crippen LogP contribution in [0.25, 0.3) is 0 Å². The Labute approximate surface area is 169 Å². The number of rotatable bonds is 3. The molecule has 1 aromatic heterocycles. The number of Topliss-reactive ketones (excluding diaryl/α,β-unsaturated/α-hetero) is 1. The van der Waals surface area contributed by atoms with Crippen molar-refractivity contribution in [3.05, 3.63) is 83.3 Å². The summed E-state index contributed by atoms with van der Waals surface area (Å²) in [7, 11) is 1.65. The number of aryl methyl sites for hydroxylation is 1. The number of nitrogens with zero attached hydrogens (tertiary/aromatic N) is 3. The van der Waals surface area contributed by atoms with E-state index in [1.54, 1.807) is 7.11 Å². The summed E-state index contributed by atoms with van der Waals surface area (Å²) in [6, 6.07) is 15.9. The average molecular weight is 386 g/mol. The van der Waals surface area contributed by atoms with Crippen molar-refractivity contribution in [1.82, 2.24) is 14.8 Å². The minimum atomic E-state index is -0.308. The maximum atomic E-state index is 13.4. The fourth-order valence-electron chi connectivity index (χ4n) is 4.51. The van der Waals surface area contributed by atoms with Crippen molar-refractivity contribution >= 4 is 11.7 Å². The van der Waals surface area contributed by atoms with Crippen LogP contribution in [-0.2, 0) is 4.79 Å². The molecular weight excluding hydrogens is 364 g/mol. The fourth-order valence-corrected chi connectivity index (χ4v) is 4.51. The highest BCUT2D eigenvalue weighted by atomic mass is 16.5. The van der Waals surface area contributed by atoms with Crippen molar-refractivity contribution in [2.75, 3.05) is 12.4 Å². The van der Waals surface area contributed by atoms with Gasteiger partial charge in [0.2, 0.25) is 5.95 Å². The number of hydrogen-bond acceptors (Lipinski definition) is 5. The average Bonchev–Trinajstić information content (AvgIpc) is 3.20. The number of aromatic nitrogens is 3. The molecule has 1 aliphatic heterocycles. The zero-order valence-corrected chi connectivity index (χ0v) is 16.4. The van der Waals surface area contributed by atoms with Crippen LogP contribution < -0.4 is 10.1 Å². The van der Waals surface area contributed by atoms with Crippen molar-refractivity contribution in [1.29, 1.82) is 0 Å². The Bertz CT molecular complexity index is 1100. The molecule has 6 heteroatoms. The van der Waals surface area contributed by atoms with Crippen LogP contribution in [-0.4, -0.2) is 27.7 Å². The van der Waals surface area contributed by atoms with Gasteiger partial charge in [0.15, 0.2) is 0 Å². The monoisotopic (exact) mass is 386 g/mol. The van der Waals surface area contributed by atoms with E-state index in [1.807, 2.05) is 41.1 Å². The molecule has 146 valence electrons. The Balaban J connectivity index is 1.60. The lowest BCUT2D eigenvalue weighted by Gasteiger charge is -2.38. The van der Waals surface area contributed by atoms with Crippen LogP contribution in [0.4, 0.5) is 5.95 Å². The topological polar surface area (TPSA) is 69.0 Å². The van der Waals surface area contributed by atoms with E-state index in [0.29, 0.717) is 12.4 Å². The summed E-state index contributed by atoms with van der Waals surface area (Å²) < 4.78 is 7.10. The van der Waals surface area contributed by atoms with Crippen LogP contribution in [0.1, 0.15) is 35.1 Å². The van der Waals surface area contributed by atoms with Crippen LogP contribution >= 0.6 is 0 Å². The molecule has 3 aromatic rings. The third-order valence-electron chi connectivity index (χ3n) is 5.94. The summed E-state index contributed by atoms with van der Waals surface area (Å²) in [5.74, 6) is 1.41. The zero-order valence-electron chi connectivity index (χ0n) is 16.4. The largest absolute Gasteiger partial charge is 0.497 e. The Morgan fingerprint density at radius 3 is 2.69 bits per heavy atom. The van der Waals surface area contributed by atoms with E-state index < -0.39 is 0 Å². The van der Waals surface area contributed by atoms with Crippen LogP contribution in [0.15, 0.2) is 66.6 Å². The number of nitrogens with one attached hydrogen (secondary N) is 1. The van der Waals surface area contributed by atoms with Gasteiger partial charge in [-0.15, -0.1) is 0 Å². The number of anilines is 1. The molecule has 3 atom stereocenters. The molecule has 5 rings (SSSR count). The number of benzene rings is 2. The first kappa shape index (κ1) is 17.7. The third-order valence-corrected chi connectivity index (χ3v) is 5.94. The third kappa shape index (κ3) is 2.92. The molecule has 2 aliphatic rings. The lowest BCUT2D eigenvalue weighted by atomic mass is 9.75. The SMILES string of the molecule is COc1ccc([C@@H]2[C@H]3C(=O)C[C@@H](c4ccccc4C)C=C3Nc3ncnn32)cc1. The van der Waals surface area contributed by atoms with E-state index >= 15 is 0 Å². The molecule has 29 heavy (non-hydrogen) atoms. The molecule has 2 heterocycles. The van der Waals surface area contributed by atoms with Crippen molar-refractivity contribution in [2.24, 2.45) is 5.92 Å². The van der Waals surface area contributed by atoms with Crippen molar-refractivity contribution in [3.63, 3.8) is 0 Å². The number of hydrogen-bond donors (Lipinski definition) is 1. The highest BCUT2D eigenvalue weighted by molar-refractivity contribution is 5.88. The molecule has 1 aliphatic carbocycles. The molecule has 2 aromatic carbocycles. The first-order valence-electron chi connectivity index (χ1n) is 9.76. The molecule has 0 amide bonds. The van der Waals surface area contributed by atoms with Crippen LogP contribution in [0.5, 0.6) is 5.75 Å². The maximum absolute atomic E-state index is 13.4. The summed E-state index contributed by atoms with van der Waals surface area (Å²) >= 11 is 0. The highest BCUT2D eigenvalue weighted by Crippen LogP contribution is 2.44. The van der Waals surface area contributed by atoms with Crippen LogP contribution in [0, 0.1) is 12.8 Å². The normalized spacial score (nSPS) is 22.9. The number of methoxy groups -OCH3 is 1.